The van der Waals surface area contributed by atoms with E-state index in [1.165, 1.54) is 0 Å². The average Bonchev–Trinajstić information content (AvgIpc) is 2.66. The minimum atomic E-state index is -3.46. The molecule has 0 aliphatic heterocycles. The van der Waals surface area contributed by atoms with E-state index in [9.17, 15) is 13.2 Å². The van der Waals surface area contributed by atoms with Crippen LogP contribution < -0.4 is 5.32 Å². The number of nitrogens with one attached hydrogen (secondary N) is 1. The minimum Gasteiger partial charge on any atom is -0.350 e. The predicted octanol–water partition coefficient (Wildman–Crippen LogP) is 4.19. The maximum atomic E-state index is 12.4. The van der Waals surface area contributed by atoms with E-state index in [0.717, 1.165) is 21.9 Å². The molecular weight excluding hydrogens is 358 g/mol. The van der Waals surface area contributed by atoms with Crippen molar-refractivity contribution in [3.8, 4) is 0 Å². The van der Waals surface area contributed by atoms with Gasteiger partial charge in [-0.05, 0) is 48.4 Å². The van der Waals surface area contributed by atoms with Crippen LogP contribution in [0.3, 0.4) is 0 Å². The Bertz CT molecular complexity index is 1060. The van der Waals surface area contributed by atoms with Crippen LogP contribution in [-0.4, -0.2) is 20.1 Å². The molecular formula is C22H23NO3S. The van der Waals surface area contributed by atoms with E-state index in [1.54, 1.807) is 24.3 Å². The van der Waals surface area contributed by atoms with Gasteiger partial charge in [-0.2, -0.15) is 0 Å². The van der Waals surface area contributed by atoms with Gasteiger partial charge in [0.25, 0.3) is 0 Å². The molecule has 1 N–H and O–H groups in total. The molecule has 3 aromatic carbocycles. The lowest BCUT2D eigenvalue weighted by Crippen LogP contribution is -2.28. The Morgan fingerprint density at radius 2 is 1.63 bits per heavy atom. The second-order valence-electron chi connectivity index (χ2n) is 6.78. The fraction of sp³-hybridized carbons (Fsp3) is 0.227. The first-order chi connectivity index (χ1) is 12.8. The molecule has 0 spiro atoms. The molecule has 1 unspecified atom stereocenters. The van der Waals surface area contributed by atoms with Gasteiger partial charge in [0.15, 0.2) is 9.84 Å². The highest BCUT2D eigenvalue weighted by atomic mass is 32.2. The molecule has 0 heterocycles. The molecule has 0 aromatic heterocycles. The Labute approximate surface area is 160 Å². The number of hydrogen-bond acceptors (Lipinski definition) is 3. The topological polar surface area (TPSA) is 63.2 Å². The van der Waals surface area contributed by atoms with Gasteiger partial charge in [0.2, 0.25) is 5.91 Å². The van der Waals surface area contributed by atoms with Crippen molar-refractivity contribution in [3.63, 3.8) is 0 Å². The second kappa shape index (κ2) is 7.92. The molecule has 0 saturated carbocycles. The summed E-state index contributed by atoms with van der Waals surface area (Å²) in [6.07, 6.45) is -0.0614. The Hall–Kier alpha value is -2.66. The van der Waals surface area contributed by atoms with Crippen LogP contribution in [-0.2, 0) is 14.6 Å². The van der Waals surface area contributed by atoms with Crippen molar-refractivity contribution < 1.29 is 13.2 Å². The summed E-state index contributed by atoms with van der Waals surface area (Å²) in [4.78, 5) is 12.5. The van der Waals surface area contributed by atoms with Crippen molar-refractivity contribution in [3.05, 3.63) is 77.9 Å². The van der Waals surface area contributed by atoms with Crippen LogP contribution >= 0.6 is 0 Å². The molecule has 0 saturated heterocycles. The number of amides is 1. The Morgan fingerprint density at radius 3 is 2.33 bits per heavy atom. The van der Waals surface area contributed by atoms with Crippen molar-refractivity contribution in [1.82, 2.24) is 5.32 Å². The number of aryl methyl sites for hydroxylation is 1. The molecule has 0 aliphatic carbocycles. The van der Waals surface area contributed by atoms with Crippen LogP contribution in [0.4, 0.5) is 0 Å². The lowest BCUT2D eigenvalue weighted by Gasteiger charge is -2.15. The zero-order valence-electron chi connectivity index (χ0n) is 15.5. The molecule has 0 aliphatic rings. The molecule has 0 fully saturated rings. The minimum absolute atomic E-state index is 0.0614. The number of hydrogen-bond donors (Lipinski definition) is 1. The van der Waals surface area contributed by atoms with Crippen molar-refractivity contribution in [2.75, 3.05) is 5.75 Å². The van der Waals surface area contributed by atoms with Crippen molar-refractivity contribution in [2.45, 2.75) is 31.2 Å². The summed E-state index contributed by atoms with van der Waals surface area (Å²) in [7, 11) is -3.46. The monoisotopic (exact) mass is 381 g/mol. The first-order valence-corrected chi connectivity index (χ1v) is 10.6. The van der Waals surface area contributed by atoms with Crippen LogP contribution in [0.2, 0.25) is 0 Å². The highest BCUT2D eigenvalue weighted by Gasteiger charge is 2.17. The maximum absolute atomic E-state index is 12.4. The molecule has 0 radical (unpaired) electrons. The predicted molar refractivity (Wildman–Crippen MR) is 108 cm³/mol. The van der Waals surface area contributed by atoms with Gasteiger partial charge in [-0.15, -0.1) is 0 Å². The fourth-order valence-electron chi connectivity index (χ4n) is 2.96. The van der Waals surface area contributed by atoms with Crippen molar-refractivity contribution in [2.24, 2.45) is 0 Å². The molecule has 0 bridgehead atoms. The Kier molecular flexibility index (Phi) is 5.61. The number of carbonyl (C=O) groups excluding carboxylic acids is 1. The molecule has 5 heteroatoms. The van der Waals surface area contributed by atoms with Gasteiger partial charge < -0.3 is 5.32 Å². The molecule has 3 aromatic rings. The zero-order valence-corrected chi connectivity index (χ0v) is 16.3. The standard InChI is InChI=1S/C22H23NO3S/c1-16-7-11-21(12-8-16)27(25,26)14-13-22(24)23-17(2)19-10-9-18-5-3-4-6-20(18)15-19/h3-12,15,17H,13-14H2,1-2H3,(H,23,24). The molecule has 4 nitrogen and oxygen atoms in total. The van der Waals surface area contributed by atoms with Crippen molar-refractivity contribution in [1.29, 1.82) is 0 Å². The largest absolute Gasteiger partial charge is 0.350 e. The highest BCUT2D eigenvalue weighted by molar-refractivity contribution is 7.91. The van der Waals surface area contributed by atoms with Crippen LogP contribution in [0.5, 0.6) is 0 Å². The highest BCUT2D eigenvalue weighted by Crippen LogP contribution is 2.20. The van der Waals surface area contributed by atoms with E-state index in [2.05, 4.69) is 5.32 Å². The Balaban J connectivity index is 1.61. The van der Waals surface area contributed by atoms with Gasteiger partial charge in [0, 0.05) is 6.42 Å². The Morgan fingerprint density at radius 1 is 0.963 bits per heavy atom. The summed E-state index contributed by atoms with van der Waals surface area (Å²) < 4.78 is 24.7. The van der Waals surface area contributed by atoms with Gasteiger partial charge in [0.05, 0.1) is 16.7 Å². The third-order valence-corrected chi connectivity index (χ3v) is 6.36. The van der Waals surface area contributed by atoms with Gasteiger partial charge in [-0.1, -0.05) is 54.1 Å². The van der Waals surface area contributed by atoms with Crippen molar-refractivity contribution >= 4 is 26.5 Å². The fourth-order valence-corrected chi connectivity index (χ4v) is 4.21. The summed E-state index contributed by atoms with van der Waals surface area (Å²) in [5.74, 6) is -0.474. The third kappa shape index (κ3) is 4.74. The van der Waals surface area contributed by atoms with E-state index in [1.807, 2.05) is 56.3 Å². The van der Waals surface area contributed by atoms with Gasteiger partial charge >= 0.3 is 0 Å². The molecule has 1 atom stereocenters. The van der Waals surface area contributed by atoms with Crippen LogP contribution in [0.1, 0.15) is 30.5 Å². The van der Waals surface area contributed by atoms with E-state index in [4.69, 9.17) is 0 Å². The summed E-state index contributed by atoms with van der Waals surface area (Å²) in [5.41, 5.74) is 1.99. The lowest BCUT2D eigenvalue weighted by atomic mass is 10.0. The summed E-state index contributed by atoms with van der Waals surface area (Å²) in [6, 6.07) is 20.6. The molecule has 1 amide bonds. The first-order valence-electron chi connectivity index (χ1n) is 8.93. The van der Waals surface area contributed by atoms with E-state index in [0.29, 0.717) is 0 Å². The number of benzene rings is 3. The molecule has 140 valence electrons. The van der Waals surface area contributed by atoms with Crippen LogP contribution in [0.25, 0.3) is 10.8 Å². The normalized spacial score (nSPS) is 12.7. The SMILES string of the molecule is Cc1ccc(S(=O)(=O)CCC(=O)NC(C)c2ccc3ccccc3c2)cc1. The second-order valence-corrected chi connectivity index (χ2v) is 8.89. The summed E-state index contributed by atoms with van der Waals surface area (Å²) in [6.45, 7) is 3.80. The lowest BCUT2D eigenvalue weighted by molar-refractivity contribution is -0.121. The van der Waals surface area contributed by atoms with Crippen LogP contribution in [0, 0.1) is 6.92 Å². The van der Waals surface area contributed by atoms with E-state index >= 15 is 0 Å². The first kappa shape index (κ1) is 19.1. The smallest absolute Gasteiger partial charge is 0.221 e. The van der Waals surface area contributed by atoms with Gasteiger partial charge in [0.1, 0.15) is 0 Å². The number of fused-ring (bicyclic) bond motifs is 1. The number of rotatable bonds is 6. The van der Waals surface area contributed by atoms with E-state index < -0.39 is 9.84 Å². The number of sulfone groups is 1. The zero-order chi connectivity index (χ0) is 19.4. The summed E-state index contributed by atoms with van der Waals surface area (Å²) >= 11 is 0. The van der Waals surface area contributed by atoms with E-state index in [-0.39, 0.29) is 29.0 Å². The van der Waals surface area contributed by atoms with Gasteiger partial charge in [-0.3, -0.25) is 4.79 Å². The quantitative estimate of drug-likeness (QED) is 0.696. The van der Waals surface area contributed by atoms with Crippen LogP contribution in [0.15, 0.2) is 71.6 Å². The van der Waals surface area contributed by atoms with Gasteiger partial charge in [-0.25, -0.2) is 8.42 Å². The maximum Gasteiger partial charge on any atom is 0.221 e. The average molecular weight is 381 g/mol. The number of carbonyl (C=O) groups is 1. The third-order valence-electron chi connectivity index (χ3n) is 4.63. The summed E-state index contributed by atoms with van der Waals surface area (Å²) in [5, 5.41) is 5.14. The molecule has 27 heavy (non-hydrogen) atoms. The molecule has 3 rings (SSSR count).